The fourth-order valence-electron chi connectivity index (χ4n) is 2.17. The summed E-state index contributed by atoms with van der Waals surface area (Å²) in [7, 11) is 4.08. The molecule has 0 bridgehead atoms. The summed E-state index contributed by atoms with van der Waals surface area (Å²) in [6.07, 6.45) is 1.93. The van der Waals surface area contributed by atoms with Crippen molar-refractivity contribution in [2.24, 2.45) is 12.8 Å². The number of aromatic nitrogens is 2. The summed E-state index contributed by atoms with van der Waals surface area (Å²) in [5, 5.41) is 8.59. The van der Waals surface area contributed by atoms with Gasteiger partial charge in [0.15, 0.2) is 0 Å². The van der Waals surface area contributed by atoms with E-state index in [4.69, 9.17) is 5.73 Å². The highest BCUT2D eigenvalue weighted by Gasteiger charge is 2.19. The van der Waals surface area contributed by atoms with E-state index in [0.29, 0.717) is 6.54 Å². The minimum absolute atomic E-state index is 0.221. The number of hydrogen-bond donors (Lipinski definition) is 1. The Morgan fingerprint density at radius 2 is 2.33 bits per heavy atom. The lowest BCUT2D eigenvalue weighted by molar-refractivity contribution is 0.241. The molecule has 2 heterocycles. The van der Waals surface area contributed by atoms with E-state index < -0.39 is 0 Å². The van der Waals surface area contributed by atoms with Crippen molar-refractivity contribution in [2.75, 3.05) is 13.6 Å². The van der Waals surface area contributed by atoms with Crippen LogP contribution in [-0.2, 0) is 13.6 Å². The highest BCUT2D eigenvalue weighted by atomic mass is 32.1. The van der Waals surface area contributed by atoms with Gasteiger partial charge in [-0.3, -0.25) is 9.58 Å². The first-order valence-electron chi connectivity index (χ1n) is 6.03. The molecule has 5 heteroatoms. The van der Waals surface area contributed by atoms with Crippen molar-refractivity contribution in [1.82, 2.24) is 14.7 Å². The van der Waals surface area contributed by atoms with Gasteiger partial charge in [0.1, 0.15) is 0 Å². The molecule has 18 heavy (non-hydrogen) atoms. The standard InChI is InChI=1S/C13H20N4S/c1-10-12(7-15-17(10)3)13(6-14)16(2)8-11-4-5-18-9-11/h4-5,7,9,13H,6,8,14H2,1-3H3. The van der Waals surface area contributed by atoms with Crippen molar-refractivity contribution in [1.29, 1.82) is 0 Å². The van der Waals surface area contributed by atoms with E-state index in [0.717, 1.165) is 6.54 Å². The van der Waals surface area contributed by atoms with Gasteiger partial charge in [-0.1, -0.05) is 0 Å². The number of likely N-dealkylation sites (N-methyl/N-ethyl adjacent to an activating group) is 1. The summed E-state index contributed by atoms with van der Waals surface area (Å²) in [5.74, 6) is 0. The number of nitrogens with zero attached hydrogens (tertiary/aromatic N) is 3. The lowest BCUT2D eigenvalue weighted by atomic mass is 10.1. The summed E-state index contributed by atoms with van der Waals surface area (Å²) >= 11 is 1.73. The minimum atomic E-state index is 0.221. The van der Waals surface area contributed by atoms with Crippen LogP contribution in [0, 0.1) is 6.92 Å². The van der Waals surface area contributed by atoms with Gasteiger partial charge in [-0.25, -0.2) is 0 Å². The first-order chi connectivity index (χ1) is 8.63. The summed E-state index contributed by atoms with van der Waals surface area (Å²) in [4.78, 5) is 2.28. The van der Waals surface area contributed by atoms with Crippen LogP contribution in [0.1, 0.15) is 22.9 Å². The average Bonchev–Trinajstić information content (AvgIpc) is 2.95. The Balaban J connectivity index is 2.15. The van der Waals surface area contributed by atoms with Crippen molar-refractivity contribution in [3.63, 3.8) is 0 Å². The molecular weight excluding hydrogens is 244 g/mol. The molecule has 0 aliphatic carbocycles. The Labute approximate surface area is 112 Å². The molecule has 0 amide bonds. The topological polar surface area (TPSA) is 47.1 Å². The molecule has 1 unspecified atom stereocenters. The van der Waals surface area contributed by atoms with E-state index in [1.807, 2.05) is 17.9 Å². The predicted octanol–water partition coefficient (Wildman–Crippen LogP) is 1.92. The van der Waals surface area contributed by atoms with Gasteiger partial charge < -0.3 is 5.73 Å². The zero-order valence-electron chi connectivity index (χ0n) is 11.1. The Kier molecular flexibility index (Phi) is 4.16. The molecule has 0 aromatic carbocycles. The molecule has 0 fully saturated rings. The second-order valence-electron chi connectivity index (χ2n) is 4.61. The quantitative estimate of drug-likeness (QED) is 0.897. The summed E-state index contributed by atoms with van der Waals surface area (Å²) in [6.45, 7) is 3.61. The van der Waals surface area contributed by atoms with Crippen LogP contribution >= 0.6 is 11.3 Å². The summed E-state index contributed by atoms with van der Waals surface area (Å²) in [5.41, 5.74) is 9.68. The molecule has 2 aromatic heterocycles. The van der Waals surface area contributed by atoms with Gasteiger partial charge in [0.05, 0.1) is 12.2 Å². The van der Waals surface area contributed by atoms with Gasteiger partial charge in [-0.2, -0.15) is 16.4 Å². The third kappa shape index (κ3) is 2.63. The largest absolute Gasteiger partial charge is 0.329 e. The Bertz CT molecular complexity index is 489. The number of rotatable bonds is 5. The Morgan fingerprint density at radius 1 is 1.56 bits per heavy atom. The normalized spacial score (nSPS) is 13.2. The second-order valence-corrected chi connectivity index (χ2v) is 5.39. The van der Waals surface area contributed by atoms with Gasteiger partial charge in [-0.05, 0) is 36.4 Å². The molecule has 0 saturated carbocycles. The third-order valence-corrected chi connectivity index (χ3v) is 4.13. The molecule has 2 aromatic rings. The Hall–Kier alpha value is -1.17. The molecule has 0 aliphatic heterocycles. The van der Waals surface area contributed by atoms with Crippen LogP contribution < -0.4 is 5.73 Å². The van der Waals surface area contributed by atoms with Crippen LogP contribution in [0.3, 0.4) is 0 Å². The molecule has 0 radical (unpaired) electrons. The highest BCUT2D eigenvalue weighted by Crippen LogP contribution is 2.23. The molecule has 2 N–H and O–H groups in total. The lowest BCUT2D eigenvalue weighted by Gasteiger charge is -2.26. The van der Waals surface area contributed by atoms with Crippen molar-refractivity contribution >= 4 is 11.3 Å². The van der Waals surface area contributed by atoms with Gasteiger partial charge in [0, 0.05) is 31.4 Å². The van der Waals surface area contributed by atoms with E-state index >= 15 is 0 Å². The van der Waals surface area contributed by atoms with E-state index in [1.165, 1.54) is 16.8 Å². The summed E-state index contributed by atoms with van der Waals surface area (Å²) in [6, 6.07) is 2.38. The number of thiophene rings is 1. The maximum Gasteiger partial charge on any atom is 0.0540 e. The van der Waals surface area contributed by atoms with E-state index in [2.05, 4.69) is 40.8 Å². The third-order valence-electron chi connectivity index (χ3n) is 3.40. The number of nitrogens with two attached hydrogens (primary N) is 1. The van der Waals surface area contributed by atoms with Crippen molar-refractivity contribution in [3.05, 3.63) is 39.8 Å². The van der Waals surface area contributed by atoms with E-state index in [9.17, 15) is 0 Å². The van der Waals surface area contributed by atoms with E-state index in [1.54, 1.807) is 11.3 Å². The number of hydrogen-bond acceptors (Lipinski definition) is 4. The van der Waals surface area contributed by atoms with Crippen LogP contribution in [0.4, 0.5) is 0 Å². The van der Waals surface area contributed by atoms with Crippen LogP contribution in [0.25, 0.3) is 0 Å². The zero-order valence-corrected chi connectivity index (χ0v) is 11.9. The van der Waals surface area contributed by atoms with Gasteiger partial charge in [0.25, 0.3) is 0 Å². The monoisotopic (exact) mass is 264 g/mol. The van der Waals surface area contributed by atoms with Gasteiger partial charge >= 0.3 is 0 Å². The first kappa shape index (κ1) is 13.3. The van der Waals surface area contributed by atoms with E-state index in [-0.39, 0.29) is 6.04 Å². The second kappa shape index (κ2) is 5.65. The van der Waals surface area contributed by atoms with Crippen molar-refractivity contribution < 1.29 is 0 Å². The van der Waals surface area contributed by atoms with Crippen molar-refractivity contribution in [2.45, 2.75) is 19.5 Å². The zero-order chi connectivity index (χ0) is 13.1. The molecule has 1 atom stereocenters. The van der Waals surface area contributed by atoms with Gasteiger partial charge in [0.2, 0.25) is 0 Å². The Morgan fingerprint density at radius 3 is 2.83 bits per heavy atom. The molecule has 0 aliphatic rings. The fraction of sp³-hybridized carbons (Fsp3) is 0.462. The van der Waals surface area contributed by atoms with Crippen LogP contribution in [-0.4, -0.2) is 28.3 Å². The molecule has 0 saturated heterocycles. The molecule has 98 valence electrons. The fourth-order valence-corrected chi connectivity index (χ4v) is 2.83. The first-order valence-corrected chi connectivity index (χ1v) is 6.97. The average molecular weight is 264 g/mol. The maximum absolute atomic E-state index is 5.94. The predicted molar refractivity (Wildman–Crippen MR) is 75.5 cm³/mol. The van der Waals surface area contributed by atoms with Crippen LogP contribution in [0.15, 0.2) is 23.0 Å². The highest BCUT2D eigenvalue weighted by molar-refractivity contribution is 7.07. The molecule has 2 rings (SSSR count). The molecular formula is C13H20N4S. The van der Waals surface area contributed by atoms with Crippen LogP contribution in [0.5, 0.6) is 0 Å². The van der Waals surface area contributed by atoms with Crippen molar-refractivity contribution in [3.8, 4) is 0 Å². The molecule has 4 nitrogen and oxygen atoms in total. The van der Waals surface area contributed by atoms with Gasteiger partial charge in [-0.15, -0.1) is 0 Å². The lowest BCUT2D eigenvalue weighted by Crippen LogP contribution is -2.30. The molecule has 0 spiro atoms. The SMILES string of the molecule is Cc1c(C(CN)N(C)Cc2ccsc2)cnn1C. The summed E-state index contributed by atoms with van der Waals surface area (Å²) < 4.78 is 1.90. The van der Waals surface area contributed by atoms with Crippen LogP contribution in [0.2, 0.25) is 0 Å². The minimum Gasteiger partial charge on any atom is -0.329 e. The number of aryl methyl sites for hydroxylation is 1. The maximum atomic E-state index is 5.94. The smallest absolute Gasteiger partial charge is 0.0540 e.